The van der Waals surface area contributed by atoms with Crippen LogP contribution < -0.4 is 15.8 Å². The van der Waals surface area contributed by atoms with Crippen LogP contribution in [0.2, 0.25) is 0 Å². The molecule has 0 saturated carbocycles. The number of nitrogens with zero attached hydrogens (tertiary/aromatic N) is 6. The molecule has 0 bridgehead atoms. The number of carbonyl (C=O) groups excluding carboxylic acids is 2. The summed E-state index contributed by atoms with van der Waals surface area (Å²) in [6, 6.07) is 21.5. The van der Waals surface area contributed by atoms with Crippen LogP contribution in [0.25, 0.3) is 22.3 Å². The van der Waals surface area contributed by atoms with Crippen LogP contribution in [-0.4, -0.2) is 54.5 Å². The number of para-hydroxylation sites is 1. The van der Waals surface area contributed by atoms with Crippen molar-refractivity contribution in [3.05, 3.63) is 90.5 Å². The molecule has 2 saturated heterocycles. The number of fused-ring (bicyclic) bond motifs is 1. The average molecular weight is 589 g/mol. The Balaban J connectivity index is 1.08. The Kier molecular flexibility index (Phi) is 7.45. The first-order valence-corrected chi connectivity index (χ1v) is 14.9. The SMILES string of the molecule is Nc1ncnc2c1c(-c1ccc(Oc3ccccc3)cc1)nn2C1CCN(Cc2cccnc2C2CCC(=O)NC2=O)CC1. The second-order valence-electron chi connectivity index (χ2n) is 11.2. The predicted octanol–water partition coefficient (Wildman–Crippen LogP) is 4.62. The van der Waals surface area contributed by atoms with Gasteiger partial charge in [-0.15, -0.1) is 0 Å². The first kappa shape index (κ1) is 27.7. The third-order valence-corrected chi connectivity index (χ3v) is 8.42. The highest BCUT2D eigenvalue weighted by atomic mass is 16.5. The van der Waals surface area contributed by atoms with Crippen molar-refractivity contribution in [2.75, 3.05) is 18.8 Å². The van der Waals surface area contributed by atoms with E-state index in [0.717, 1.165) is 71.0 Å². The highest BCUT2D eigenvalue weighted by molar-refractivity contribution is 6.01. The maximum atomic E-state index is 12.6. The predicted molar refractivity (Wildman–Crippen MR) is 165 cm³/mol. The maximum Gasteiger partial charge on any atom is 0.235 e. The second-order valence-corrected chi connectivity index (χ2v) is 11.2. The van der Waals surface area contributed by atoms with Gasteiger partial charge in [-0.25, -0.2) is 14.6 Å². The van der Waals surface area contributed by atoms with Gasteiger partial charge in [0.05, 0.1) is 23.0 Å². The van der Waals surface area contributed by atoms with Crippen molar-refractivity contribution in [1.29, 1.82) is 0 Å². The Labute approximate surface area is 254 Å². The molecule has 222 valence electrons. The summed E-state index contributed by atoms with van der Waals surface area (Å²) in [6.45, 7) is 2.37. The van der Waals surface area contributed by atoms with Crippen LogP contribution in [-0.2, 0) is 16.1 Å². The fourth-order valence-electron chi connectivity index (χ4n) is 6.17. The van der Waals surface area contributed by atoms with Gasteiger partial charge in [0.2, 0.25) is 11.8 Å². The Morgan fingerprint density at radius 1 is 0.886 bits per heavy atom. The number of amides is 2. The highest BCUT2D eigenvalue weighted by Crippen LogP contribution is 2.36. The molecule has 0 spiro atoms. The number of nitrogen functional groups attached to an aromatic ring is 1. The van der Waals surface area contributed by atoms with E-state index in [0.29, 0.717) is 25.2 Å². The number of piperidine rings is 2. The van der Waals surface area contributed by atoms with Crippen molar-refractivity contribution in [3.8, 4) is 22.8 Å². The lowest BCUT2D eigenvalue weighted by Crippen LogP contribution is -2.40. The van der Waals surface area contributed by atoms with E-state index in [9.17, 15) is 9.59 Å². The fourth-order valence-corrected chi connectivity index (χ4v) is 6.17. The van der Waals surface area contributed by atoms with E-state index in [1.54, 1.807) is 6.20 Å². The molecule has 3 aromatic heterocycles. The molecule has 44 heavy (non-hydrogen) atoms. The molecule has 5 heterocycles. The smallest absolute Gasteiger partial charge is 0.235 e. The van der Waals surface area contributed by atoms with Crippen molar-refractivity contribution >= 4 is 28.7 Å². The summed E-state index contributed by atoms with van der Waals surface area (Å²) in [5.41, 5.74) is 10.5. The normalized spacial score (nSPS) is 18.0. The number of ether oxygens (including phenoxy) is 1. The highest BCUT2D eigenvalue weighted by Gasteiger charge is 2.32. The van der Waals surface area contributed by atoms with Crippen LogP contribution in [0.3, 0.4) is 0 Å². The largest absolute Gasteiger partial charge is 0.457 e. The number of aromatic nitrogens is 5. The first-order chi connectivity index (χ1) is 21.5. The van der Waals surface area contributed by atoms with Crippen LogP contribution in [0.15, 0.2) is 79.3 Å². The molecule has 11 heteroatoms. The van der Waals surface area contributed by atoms with E-state index >= 15 is 0 Å². The van der Waals surface area contributed by atoms with Gasteiger partial charge >= 0.3 is 0 Å². The topological polar surface area (TPSA) is 141 Å². The molecule has 2 amide bonds. The van der Waals surface area contributed by atoms with E-state index in [2.05, 4.69) is 25.2 Å². The molecule has 2 aromatic carbocycles. The van der Waals surface area contributed by atoms with Crippen LogP contribution >= 0.6 is 0 Å². The van der Waals surface area contributed by atoms with Gasteiger partial charge in [-0.1, -0.05) is 24.3 Å². The summed E-state index contributed by atoms with van der Waals surface area (Å²) in [5, 5.41) is 8.26. The van der Waals surface area contributed by atoms with Gasteiger partial charge in [-0.2, -0.15) is 5.10 Å². The zero-order chi connectivity index (χ0) is 30.0. The number of nitrogens with two attached hydrogens (primary N) is 1. The third kappa shape index (κ3) is 5.49. The summed E-state index contributed by atoms with van der Waals surface area (Å²) in [7, 11) is 0. The molecule has 2 aliphatic rings. The van der Waals surface area contributed by atoms with E-state index in [4.69, 9.17) is 15.6 Å². The van der Waals surface area contributed by atoms with Crippen LogP contribution in [0.4, 0.5) is 5.82 Å². The number of benzene rings is 2. The fraction of sp³-hybridized carbons (Fsp3) is 0.273. The molecule has 2 aliphatic heterocycles. The van der Waals surface area contributed by atoms with Gasteiger partial charge in [-0.05, 0) is 67.3 Å². The van der Waals surface area contributed by atoms with Crippen molar-refractivity contribution in [2.24, 2.45) is 0 Å². The van der Waals surface area contributed by atoms with E-state index < -0.39 is 5.92 Å². The third-order valence-electron chi connectivity index (χ3n) is 8.42. The number of rotatable bonds is 7. The molecule has 11 nitrogen and oxygen atoms in total. The summed E-state index contributed by atoms with van der Waals surface area (Å²) in [4.78, 5) is 40.0. The monoisotopic (exact) mass is 588 g/mol. The minimum absolute atomic E-state index is 0.140. The number of anilines is 1. The van der Waals surface area contributed by atoms with Crippen LogP contribution in [0, 0.1) is 0 Å². The lowest BCUT2D eigenvalue weighted by atomic mass is 9.91. The van der Waals surface area contributed by atoms with E-state index in [1.807, 2.05) is 71.4 Å². The van der Waals surface area contributed by atoms with Gasteiger partial charge < -0.3 is 10.5 Å². The van der Waals surface area contributed by atoms with Gasteiger partial charge in [0, 0.05) is 37.8 Å². The molecule has 7 rings (SSSR count). The maximum absolute atomic E-state index is 12.6. The van der Waals surface area contributed by atoms with Gasteiger partial charge in [-0.3, -0.25) is 24.8 Å². The van der Waals surface area contributed by atoms with Crippen molar-refractivity contribution < 1.29 is 14.3 Å². The summed E-state index contributed by atoms with van der Waals surface area (Å²) < 4.78 is 7.98. The molecule has 5 aromatic rings. The van der Waals surface area contributed by atoms with Crippen LogP contribution in [0.5, 0.6) is 11.5 Å². The van der Waals surface area contributed by atoms with Gasteiger partial charge in [0.25, 0.3) is 0 Å². The van der Waals surface area contributed by atoms with Crippen molar-refractivity contribution in [2.45, 2.75) is 44.2 Å². The summed E-state index contributed by atoms with van der Waals surface area (Å²) >= 11 is 0. The lowest BCUT2D eigenvalue weighted by molar-refractivity contribution is -0.134. The molecule has 2 fully saturated rings. The number of imide groups is 1. The van der Waals surface area contributed by atoms with Crippen molar-refractivity contribution in [3.63, 3.8) is 0 Å². The number of nitrogens with one attached hydrogen (secondary N) is 1. The summed E-state index contributed by atoms with van der Waals surface area (Å²) in [6.07, 6.45) is 5.77. The van der Waals surface area contributed by atoms with E-state index in [1.165, 1.54) is 6.33 Å². The molecule has 3 N–H and O–H groups in total. The zero-order valence-corrected chi connectivity index (χ0v) is 24.1. The molecule has 0 aliphatic carbocycles. The lowest BCUT2D eigenvalue weighted by Gasteiger charge is -2.33. The van der Waals surface area contributed by atoms with Gasteiger partial charge in [0.1, 0.15) is 29.3 Å². The molecule has 1 atom stereocenters. The number of pyridine rings is 1. The van der Waals surface area contributed by atoms with E-state index in [-0.39, 0.29) is 17.9 Å². The Morgan fingerprint density at radius 2 is 1.66 bits per heavy atom. The summed E-state index contributed by atoms with van der Waals surface area (Å²) in [5.74, 6) is 1.02. The minimum Gasteiger partial charge on any atom is -0.457 e. The van der Waals surface area contributed by atoms with Crippen molar-refractivity contribution in [1.82, 2.24) is 34.9 Å². The Morgan fingerprint density at radius 3 is 2.43 bits per heavy atom. The van der Waals surface area contributed by atoms with Gasteiger partial charge in [0.15, 0.2) is 5.65 Å². The first-order valence-electron chi connectivity index (χ1n) is 14.9. The minimum atomic E-state index is -0.403. The Hall–Kier alpha value is -5.16. The standard InChI is InChI=1S/C33H32N8O3/c34-31-28-30(21-8-10-25(11-9-21)44-24-6-2-1-3-7-24)39-41(32(28)37-20-36-31)23-14-17-40(18-15-23)19-22-5-4-16-35-29(22)26-12-13-27(42)38-33(26)43/h1-11,16,20,23,26H,12-15,17-19H2,(H2,34,36,37)(H,38,42,43). The molecular weight excluding hydrogens is 556 g/mol. The Bertz CT molecular complexity index is 1810. The molecule has 0 radical (unpaired) electrons. The quantitative estimate of drug-likeness (QED) is 0.261. The number of carbonyl (C=O) groups is 2. The number of hydrogen-bond acceptors (Lipinski definition) is 9. The zero-order valence-electron chi connectivity index (χ0n) is 24.1. The van der Waals surface area contributed by atoms with Crippen LogP contribution in [0.1, 0.15) is 48.9 Å². The number of likely N-dealkylation sites (tertiary alicyclic amines) is 1. The molecular formula is C33H32N8O3. The second kappa shape index (κ2) is 11.8. The number of hydrogen-bond donors (Lipinski definition) is 2. The molecule has 1 unspecified atom stereocenters. The average Bonchev–Trinajstić information content (AvgIpc) is 3.44.